The van der Waals surface area contributed by atoms with Crippen molar-refractivity contribution in [3.63, 3.8) is 0 Å². The second-order valence-corrected chi connectivity index (χ2v) is 9.62. The number of carbonyl (C=O) groups excluding carboxylic acids is 1. The Labute approximate surface area is 209 Å². The van der Waals surface area contributed by atoms with Gasteiger partial charge in [-0.15, -0.1) is 24.2 Å². The number of thiazole rings is 1. The molecule has 0 radical (unpaired) electrons. The van der Waals surface area contributed by atoms with E-state index in [0.717, 1.165) is 52.2 Å². The standard InChI is InChI=1S/C24H29N3O3S2.ClH/c1-3-26(4-2)11-12-27(23(28)10-15-31-18-8-6-5-7-9-18)24-25-19-16-20-21(17-22(19)32-24)30-14-13-29-20;/h5-9,16-17H,3-4,10-15H2,1-2H3;1H. The molecule has 1 aromatic heterocycles. The molecule has 0 aliphatic carbocycles. The number of rotatable bonds is 10. The van der Waals surface area contributed by atoms with Gasteiger partial charge in [-0.3, -0.25) is 9.69 Å². The summed E-state index contributed by atoms with van der Waals surface area (Å²) in [5.41, 5.74) is 0.841. The summed E-state index contributed by atoms with van der Waals surface area (Å²) in [5, 5.41) is 0.740. The van der Waals surface area contributed by atoms with Crippen molar-refractivity contribution in [3.05, 3.63) is 42.5 Å². The molecule has 0 spiro atoms. The molecule has 1 aliphatic rings. The molecular weight excluding hydrogens is 478 g/mol. The molecule has 9 heteroatoms. The van der Waals surface area contributed by atoms with Crippen LogP contribution in [0, 0.1) is 0 Å². The Morgan fingerprint density at radius 3 is 2.45 bits per heavy atom. The van der Waals surface area contributed by atoms with Crippen molar-refractivity contribution in [1.29, 1.82) is 0 Å². The number of carbonyl (C=O) groups is 1. The molecular formula is C24H30ClN3O3S2. The lowest BCUT2D eigenvalue weighted by Crippen LogP contribution is -2.39. The average molecular weight is 508 g/mol. The number of nitrogens with zero attached hydrogens (tertiary/aromatic N) is 3. The first-order valence-electron chi connectivity index (χ1n) is 11.1. The van der Waals surface area contributed by atoms with Gasteiger partial charge in [0, 0.05) is 42.3 Å². The number of anilines is 1. The van der Waals surface area contributed by atoms with Crippen molar-refractivity contribution in [2.75, 3.05) is 50.0 Å². The fourth-order valence-electron chi connectivity index (χ4n) is 3.58. The number of halogens is 1. The lowest BCUT2D eigenvalue weighted by Gasteiger charge is -2.24. The molecule has 2 heterocycles. The molecule has 4 rings (SSSR count). The Kier molecular flexibility index (Phi) is 9.67. The normalized spacial score (nSPS) is 12.6. The van der Waals surface area contributed by atoms with Crippen molar-refractivity contribution in [2.24, 2.45) is 0 Å². The van der Waals surface area contributed by atoms with Gasteiger partial charge in [-0.25, -0.2) is 4.98 Å². The molecule has 3 aromatic rings. The van der Waals surface area contributed by atoms with E-state index in [4.69, 9.17) is 14.5 Å². The third-order valence-electron chi connectivity index (χ3n) is 5.44. The second-order valence-electron chi connectivity index (χ2n) is 7.44. The molecule has 0 saturated heterocycles. The summed E-state index contributed by atoms with van der Waals surface area (Å²) >= 11 is 3.24. The minimum absolute atomic E-state index is 0. The zero-order chi connectivity index (χ0) is 22.3. The van der Waals surface area contributed by atoms with E-state index in [2.05, 4.69) is 30.9 Å². The first-order valence-corrected chi connectivity index (χ1v) is 12.9. The first kappa shape index (κ1) is 25.6. The summed E-state index contributed by atoms with van der Waals surface area (Å²) in [6.07, 6.45) is 0.469. The maximum Gasteiger partial charge on any atom is 0.229 e. The molecule has 33 heavy (non-hydrogen) atoms. The molecule has 1 amide bonds. The van der Waals surface area contributed by atoms with E-state index >= 15 is 0 Å². The monoisotopic (exact) mass is 507 g/mol. The van der Waals surface area contributed by atoms with Gasteiger partial charge >= 0.3 is 0 Å². The molecule has 0 N–H and O–H groups in total. The number of aromatic nitrogens is 1. The summed E-state index contributed by atoms with van der Waals surface area (Å²) in [6, 6.07) is 14.1. The summed E-state index contributed by atoms with van der Waals surface area (Å²) < 4.78 is 12.4. The lowest BCUT2D eigenvalue weighted by molar-refractivity contribution is -0.118. The number of amides is 1. The van der Waals surface area contributed by atoms with Gasteiger partial charge in [0.25, 0.3) is 0 Å². The summed E-state index contributed by atoms with van der Waals surface area (Å²) in [4.78, 5) is 23.4. The fourth-order valence-corrected chi connectivity index (χ4v) is 5.47. The van der Waals surface area contributed by atoms with Crippen LogP contribution in [-0.2, 0) is 4.79 Å². The zero-order valence-electron chi connectivity index (χ0n) is 19.0. The van der Waals surface area contributed by atoms with E-state index in [1.807, 2.05) is 35.2 Å². The van der Waals surface area contributed by atoms with Crippen LogP contribution in [0.15, 0.2) is 47.4 Å². The van der Waals surface area contributed by atoms with Crippen LogP contribution in [-0.4, -0.2) is 60.9 Å². The van der Waals surface area contributed by atoms with E-state index in [1.54, 1.807) is 11.8 Å². The number of likely N-dealkylation sites (N-methyl/N-ethyl adjacent to an activating group) is 1. The highest BCUT2D eigenvalue weighted by Gasteiger charge is 2.22. The van der Waals surface area contributed by atoms with Crippen LogP contribution >= 0.6 is 35.5 Å². The molecule has 0 unspecified atom stereocenters. The van der Waals surface area contributed by atoms with Gasteiger partial charge in [0.15, 0.2) is 16.6 Å². The van der Waals surface area contributed by atoms with Crippen molar-refractivity contribution in [1.82, 2.24) is 9.88 Å². The van der Waals surface area contributed by atoms with E-state index in [9.17, 15) is 4.79 Å². The van der Waals surface area contributed by atoms with Crippen molar-refractivity contribution in [3.8, 4) is 11.5 Å². The van der Waals surface area contributed by atoms with E-state index in [-0.39, 0.29) is 18.3 Å². The van der Waals surface area contributed by atoms with E-state index in [0.29, 0.717) is 26.2 Å². The van der Waals surface area contributed by atoms with Crippen LogP contribution in [0.1, 0.15) is 20.3 Å². The van der Waals surface area contributed by atoms with Crippen LogP contribution < -0.4 is 14.4 Å². The molecule has 6 nitrogen and oxygen atoms in total. The summed E-state index contributed by atoms with van der Waals surface area (Å²) in [7, 11) is 0. The molecule has 0 atom stereocenters. The van der Waals surface area contributed by atoms with Gasteiger partial charge in [-0.1, -0.05) is 43.4 Å². The van der Waals surface area contributed by atoms with Crippen molar-refractivity contribution < 1.29 is 14.3 Å². The predicted molar refractivity (Wildman–Crippen MR) is 140 cm³/mol. The first-order chi connectivity index (χ1) is 15.7. The molecule has 0 fully saturated rings. The number of benzene rings is 2. The van der Waals surface area contributed by atoms with Crippen LogP contribution in [0.5, 0.6) is 11.5 Å². The smallest absolute Gasteiger partial charge is 0.229 e. The number of thioether (sulfide) groups is 1. The zero-order valence-corrected chi connectivity index (χ0v) is 21.4. The Balaban J connectivity index is 0.00000306. The van der Waals surface area contributed by atoms with Gasteiger partial charge in [-0.05, 0) is 25.2 Å². The van der Waals surface area contributed by atoms with Gasteiger partial charge in [0.05, 0.1) is 10.2 Å². The van der Waals surface area contributed by atoms with Crippen LogP contribution in [0.4, 0.5) is 5.13 Å². The fraction of sp³-hybridized carbons (Fsp3) is 0.417. The average Bonchev–Trinajstić information content (AvgIpc) is 3.23. The maximum absolute atomic E-state index is 13.3. The minimum Gasteiger partial charge on any atom is -0.486 e. The van der Waals surface area contributed by atoms with Crippen LogP contribution in [0.2, 0.25) is 0 Å². The minimum atomic E-state index is 0. The Morgan fingerprint density at radius 2 is 1.76 bits per heavy atom. The highest BCUT2D eigenvalue weighted by molar-refractivity contribution is 7.99. The number of hydrogen-bond acceptors (Lipinski definition) is 7. The van der Waals surface area contributed by atoms with E-state index < -0.39 is 0 Å². The lowest BCUT2D eigenvalue weighted by atomic mass is 10.3. The second kappa shape index (κ2) is 12.5. The highest BCUT2D eigenvalue weighted by Crippen LogP contribution is 2.39. The van der Waals surface area contributed by atoms with Crippen LogP contribution in [0.3, 0.4) is 0 Å². The number of ether oxygens (including phenoxy) is 2. The molecule has 178 valence electrons. The molecule has 0 saturated carbocycles. The van der Waals surface area contributed by atoms with Crippen molar-refractivity contribution in [2.45, 2.75) is 25.2 Å². The largest absolute Gasteiger partial charge is 0.486 e. The Hall–Kier alpha value is -2.00. The summed E-state index contributed by atoms with van der Waals surface area (Å²) in [5.74, 6) is 2.32. The maximum atomic E-state index is 13.3. The van der Waals surface area contributed by atoms with E-state index in [1.165, 1.54) is 16.2 Å². The highest BCUT2D eigenvalue weighted by atomic mass is 35.5. The third kappa shape index (κ3) is 6.53. The van der Waals surface area contributed by atoms with Gasteiger partial charge in [-0.2, -0.15) is 0 Å². The molecule has 1 aliphatic heterocycles. The SMILES string of the molecule is CCN(CC)CCN(C(=O)CCSc1ccccc1)c1nc2cc3c(cc2s1)OCCO3.Cl. The van der Waals surface area contributed by atoms with Crippen LogP contribution in [0.25, 0.3) is 10.2 Å². The summed E-state index contributed by atoms with van der Waals surface area (Å²) in [6.45, 7) is 8.77. The van der Waals surface area contributed by atoms with Crippen molar-refractivity contribution >= 4 is 56.8 Å². The third-order valence-corrected chi connectivity index (χ3v) is 7.49. The Morgan fingerprint density at radius 1 is 1.06 bits per heavy atom. The molecule has 0 bridgehead atoms. The number of fused-ring (bicyclic) bond motifs is 2. The topological polar surface area (TPSA) is 54.9 Å². The Bertz CT molecular complexity index is 1000. The predicted octanol–water partition coefficient (Wildman–Crippen LogP) is 5.35. The van der Waals surface area contributed by atoms with Gasteiger partial charge < -0.3 is 14.4 Å². The van der Waals surface area contributed by atoms with Gasteiger partial charge in [0.2, 0.25) is 5.91 Å². The van der Waals surface area contributed by atoms with Gasteiger partial charge in [0.1, 0.15) is 13.2 Å². The quantitative estimate of drug-likeness (QED) is 0.345. The molecule has 2 aromatic carbocycles. The number of hydrogen-bond donors (Lipinski definition) is 0.